The summed E-state index contributed by atoms with van der Waals surface area (Å²) in [4.78, 5) is 12.2. The van der Waals surface area contributed by atoms with E-state index in [1.54, 1.807) is 0 Å². The maximum Gasteiger partial charge on any atom is 0.240 e. The number of rotatable bonds is 6. The van der Waals surface area contributed by atoms with E-state index in [4.69, 9.17) is 10.8 Å². The minimum Gasteiger partial charge on any atom is -0.396 e. The number of carbonyl (C=O) groups excluding carboxylic acids is 1. The van der Waals surface area contributed by atoms with Crippen molar-refractivity contribution in [3.05, 3.63) is 0 Å². The molecule has 0 heterocycles. The highest BCUT2D eigenvalue weighted by Crippen LogP contribution is 2.27. The molecule has 1 aliphatic rings. The standard InChI is InChI=1S/C14H28N2O2/c1-13(2,7-6-10-17)11-16-12(18)14(15)8-4-3-5-9-14/h17H,3-11,15H2,1-2H3,(H,16,18). The fourth-order valence-corrected chi connectivity index (χ4v) is 2.55. The van der Waals surface area contributed by atoms with Gasteiger partial charge in [0.05, 0.1) is 5.54 Å². The number of nitrogens with one attached hydrogen (secondary N) is 1. The van der Waals surface area contributed by atoms with Gasteiger partial charge >= 0.3 is 0 Å². The molecule has 0 atom stereocenters. The number of amides is 1. The number of carbonyl (C=O) groups is 1. The van der Waals surface area contributed by atoms with Gasteiger partial charge in [0.15, 0.2) is 0 Å². The Morgan fingerprint density at radius 3 is 2.50 bits per heavy atom. The highest BCUT2D eigenvalue weighted by atomic mass is 16.2. The van der Waals surface area contributed by atoms with E-state index in [1.165, 1.54) is 6.42 Å². The second-order valence-electron chi connectivity index (χ2n) is 6.39. The second kappa shape index (κ2) is 6.53. The van der Waals surface area contributed by atoms with E-state index in [0.29, 0.717) is 6.54 Å². The summed E-state index contributed by atoms with van der Waals surface area (Å²) in [5.41, 5.74) is 5.55. The number of hydrogen-bond acceptors (Lipinski definition) is 3. The third-order valence-corrected chi connectivity index (χ3v) is 3.94. The van der Waals surface area contributed by atoms with Crippen molar-refractivity contribution < 1.29 is 9.90 Å². The summed E-state index contributed by atoms with van der Waals surface area (Å²) in [5, 5.41) is 11.8. The molecular formula is C14H28N2O2. The fraction of sp³-hybridized carbons (Fsp3) is 0.929. The molecule has 18 heavy (non-hydrogen) atoms. The lowest BCUT2D eigenvalue weighted by Crippen LogP contribution is -2.56. The van der Waals surface area contributed by atoms with Crippen LogP contribution in [-0.2, 0) is 4.79 Å². The lowest BCUT2D eigenvalue weighted by Gasteiger charge is -2.33. The first-order valence-electron chi connectivity index (χ1n) is 7.08. The van der Waals surface area contributed by atoms with Gasteiger partial charge in [-0.15, -0.1) is 0 Å². The molecule has 0 radical (unpaired) electrons. The van der Waals surface area contributed by atoms with Crippen LogP contribution in [0, 0.1) is 5.41 Å². The highest BCUT2D eigenvalue weighted by Gasteiger charge is 2.35. The van der Waals surface area contributed by atoms with Crippen molar-refractivity contribution in [3.8, 4) is 0 Å². The molecule has 1 rings (SSSR count). The topological polar surface area (TPSA) is 75.3 Å². The summed E-state index contributed by atoms with van der Waals surface area (Å²) in [7, 11) is 0. The molecule has 0 aromatic carbocycles. The van der Waals surface area contributed by atoms with Crippen molar-refractivity contribution >= 4 is 5.91 Å². The van der Waals surface area contributed by atoms with Crippen molar-refractivity contribution in [1.82, 2.24) is 5.32 Å². The summed E-state index contributed by atoms with van der Waals surface area (Å²) in [6.07, 6.45) is 6.58. The summed E-state index contributed by atoms with van der Waals surface area (Å²) in [6, 6.07) is 0. The zero-order valence-corrected chi connectivity index (χ0v) is 11.8. The Balaban J connectivity index is 2.40. The fourth-order valence-electron chi connectivity index (χ4n) is 2.55. The van der Waals surface area contributed by atoms with E-state index in [2.05, 4.69) is 19.2 Å². The minimum absolute atomic E-state index is 0.000673. The average Bonchev–Trinajstić information content (AvgIpc) is 2.34. The van der Waals surface area contributed by atoms with Gasteiger partial charge in [-0.1, -0.05) is 33.1 Å². The lowest BCUT2D eigenvalue weighted by molar-refractivity contribution is -0.128. The van der Waals surface area contributed by atoms with Gasteiger partial charge in [0.1, 0.15) is 0 Å². The number of nitrogens with two attached hydrogens (primary N) is 1. The van der Waals surface area contributed by atoms with Gasteiger partial charge in [0, 0.05) is 13.2 Å². The van der Waals surface area contributed by atoms with Gasteiger partial charge in [-0.25, -0.2) is 0 Å². The Labute approximate surface area is 110 Å². The first-order valence-corrected chi connectivity index (χ1v) is 7.08. The maximum atomic E-state index is 12.2. The normalized spacial score (nSPS) is 19.6. The van der Waals surface area contributed by atoms with Gasteiger partial charge in [0.2, 0.25) is 5.91 Å². The van der Waals surface area contributed by atoms with Crippen LogP contribution in [0.15, 0.2) is 0 Å². The van der Waals surface area contributed by atoms with Crippen molar-refractivity contribution in [1.29, 1.82) is 0 Å². The molecule has 1 aliphatic carbocycles. The van der Waals surface area contributed by atoms with Crippen LogP contribution in [0.2, 0.25) is 0 Å². The molecular weight excluding hydrogens is 228 g/mol. The highest BCUT2D eigenvalue weighted by molar-refractivity contribution is 5.86. The van der Waals surface area contributed by atoms with Crippen LogP contribution in [0.25, 0.3) is 0 Å². The van der Waals surface area contributed by atoms with E-state index in [-0.39, 0.29) is 17.9 Å². The Bertz CT molecular complexity index is 271. The average molecular weight is 256 g/mol. The molecule has 0 aromatic rings. The summed E-state index contributed by atoms with van der Waals surface area (Å²) in [6.45, 7) is 5.04. The van der Waals surface area contributed by atoms with Gasteiger partial charge < -0.3 is 16.2 Å². The van der Waals surface area contributed by atoms with Crippen LogP contribution < -0.4 is 11.1 Å². The Kier molecular flexibility index (Phi) is 5.60. The molecule has 1 amide bonds. The maximum absolute atomic E-state index is 12.2. The lowest BCUT2D eigenvalue weighted by atomic mass is 9.81. The largest absolute Gasteiger partial charge is 0.396 e. The van der Waals surface area contributed by atoms with Crippen LogP contribution in [0.3, 0.4) is 0 Å². The van der Waals surface area contributed by atoms with Crippen molar-refractivity contribution in [2.75, 3.05) is 13.2 Å². The van der Waals surface area contributed by atoms with E-state index in [0.717, 1.165) is 38.5 Å². The molecule has 4 heteroatoms. The predicted octanol–water partition coefficient (Wildman–Crippen LogP) is 1.56. The monoisotopic (exact) mass is 256 g/mol. The molecule has 4 N–H and O–H groups in total. The quantitative estimate of drug-likeness (QED) is 0.675. The SMILES string of the molecule is CC(C)(CCCO)CNC(=O)C1(N)CCCCC1. The van der Waals surface area contributed by atoms with Crippen LogP contribution in [-0.4, -0.2) is 29.7 Å². The summed E-state index contributed by atoms with van der Waals surface area (Å²) < 4.78 is 0. The molecule has 0 aliphatic heterocycles. The number of aliphatic hydroxyl groups is 1. The minimum atomic E-state index is -0.648. The number of aliphatic hydroxyl groups excluding tert-OH is 1. The van der Waals surface area contributed by atoms with E-state index in [1.807, 2.05) is 0 Å². The first-order chi connectivity index (χ1) is 8.40. The molecule has 0 aromatic heterocycles. The van der Waals surface area contributed by atoms with Crippen LogP contribution in [0.4, 0.5) is 0 Å². The van der Waals surface area contributed by atoms with Crippen molar-refractivity contribution in [3.63, 3.8) is 0 Å². The van der Waals surface area contributed by atoms with Gasteiger partial charge in [-0.3, -0.25) is 4.79 Å². The summed E-state index contributed by atoms with van der Waals surface area (Å²) >= 11 is 0. The molecule has 0 spiro atoms. The third-order valence-electron chi connectivity index (χ3n) is 3.94. The first kappa shape index (κ1) is 15.4. The second-order valence-corrected chi connectivity index (χ2v) is 6.39. The Hall–Kier alpha value is -0.610. The van der Waals surface area contributed by atoms with Crippen molar-refractivity contribution in [2.45, 2.75) is 64.3 Å². The van der Waals surface area contributed by atoms with Gasteiger partial charge in [-0.05, 0) is 31.1 Å². The molecule has 1 saturated carbocycles. The molecule has 0 saturated heterocycles. The molecule has 106 valence electrons. The zero-order valence-electron chi connectivity index (χ0n) is 11.8. The van der Waals surface area contributed by atoms with Gasteiger partial charge in [0.25, 0.3) is 0 Å². The van der Waals surface area contributed by atoms with Crippen LogP contribution in [0.1, 0.15) is 58.8 Å². The third kappa shape index (κ3) is 4.58. The Morgan fingerprint density at radius 2 is 1.94 bits per heavy atom. The zero-order chi connectivity index (χ0) is 13.6. The molecule has 1 fully saturated rings. The number of hydrogen-bond donors (Lipinski definition) is 3. The smallest absolute Gasteiger partial charge is 0.240 e. The van der Waals surface area contributed by atoms with Crippen molar-refractivity contribution in [2.24, 2.45) is 11.1 Å². The van der Waals surface area contributed by atoms with Crippen LogP contribution in [0.5, 0.6) is 0 Å². The molecule has 4 nitrogen and oxygen atoms in total. The van der Waals surface area contributed by atoms with Gasteiger partial charge in [-0.2, -0.15) is 0 Å². The predicted molar refractivity (Wildman–Crippen MR) is 73.1 cm³/mol. The van der Waals surface area contributed by atoms with E-state index in [9.17, 15) is 4.79 Å². The summed E-state index contributed by atoms with van der Waals surface area (Å²) in [5.74, 6) is -0.000673. The Morgan fingerprint density at radius 1 is 1.33 bits per heavy atom. The molecule has 0 bridgehead atoms. The van der Waals surface area contributed by atoms with Crippen LogP contribution >= 0.6 is 0 Å². The van der Waals surface area contributed by atoms with E-state index >= 15 is 0 Å². The molecule has 0 unspecified atom stereocenters. The van der Waals surface area contributed by atoms with E-state index < -0.39 is 5.54 Å².